The van der Waals surface area contributed by atoms with Crippen molar-refractivity contribution in [3.05, 3.63) is 71.5 Å². The number of hydrogen-bond acceptors (Lipinski definition) is 6. The van der Waals surface area contributed by atoms with Crippen LogP contribution in [-0.4, -0.2) is 32.1 Å². The molecule has 2 N–H and O–H groups in total. The summed E-state index contributed by atoms with van der Waals surface area (Å²) in [6.07, 6.45) is -1.34. The van der Waals surface area contributed by atoms with Crippen LogP contribution in [0.4, 0.5) is 4.79 Å². The second kappa shape index (κ2) is 9.03. The van der Waals surface area contributed by atoms with Crippen molar-refractivity contribution in [2.24, 2.45) is 0 Å². The molecule has 0 saturated heterocycles. The van der Waals surface area contributed by atoms with Crippen molar-refractivity contribution in [2.45, 2.75) is 12.7 Å². The first-order chi connectivity index (χ1) is 14.0. The Morgan fingerprint density at radius 1 is 1.03 bits per heavy atom. The van der Waals surface area contributed by atoms with E-state index in [1.807, 2.05) is 6.07 Å². The van der Waals surface area contributed by atoms with E-state index in [1.165, 1.54) is 14.2 Å². The number of esters is 1. The van der Waals surface area contributed by atoms with Gasteiger partial charge in [0.1, 0.15) is 5.58 Å². The average Bonchev–Trinajstić information content (AvgIpc) is 3.11. The van der Waals surface area contributed by atoms with Gasteiger partial charge in [0.15, 0.2) is 0 Å². The average molecular weight is 396 g/mol. The van der Waals surface area contributed by atoms with Crippen molar-refractivity contribution in [3.8, 4) is 0 Å². The van der Waals surface area contributed by atoms with Crippen LogP contribution in [0, 0.1) is 0 Å². The molecule has 150 valence electrons. The number of benzene rings is 2. The molecule has 3 aromatic rings. The fraction of sp³-hybridized carbons (Fsp3) is 0.190. The summed E-state index contributed by atoms with van der Waals surface area (Å²) in [6, 6.07) is 14.8. The molecule has 0 bridgehead atoms. The topological polar surface area (TPSA) is 107 Å². The fourth-order valence-electron chi connectivity index (χ4n) is 2.85. The molecule has 0 unspecified atom stereocenters. The van der Waals surface area contributed by atoms with Crippen LogP contribution in [0.15, 0.2) is 59.0 Å². The highest BCUT2D eigenvalue weighted by Gasteiger charge is 2.30. The smallest absolute Gasteiger partial charge is 0.375 e. The van der Waals surface area contributed by atoms with E-state index in [2.05, 4.69) is 10.6 Å². The molecule has 1 atom stereocenters. The standard InChI is InChI=1S/C21H20N2O6/c1-22-21(26)23-19(24)17(13-8-4-3-5-9-13)29-20(25)18-15(12-27-2)14-10-6-7-11-16(14)28-18/h3-11,17H,12H2,1-2H3,(H2,22,23,24,26)/t17-/m1/s1. The molecule has 0 radical (unpaired) electrons. The third kappa shape index (κ3) is 4.44. The fourth-order valence-corrected chi connectivity index (χ4v) is 2.85. The van der Waals surface area contributed by atoms with Crippen molar-refractivity contribution in [1.82, 2.24) is 10.6 Å². The van der Waals surface area contributed by atoms with E-state index in [9.17, 15) is 14.4 Å². The van der Waals surface area contributed by atoms with Crippen LogP contribution >= 0.6 is 0 Å². The summed E-state index contributed by atoms with van der Waals surface area (Å²) in [5.41, 5.74) is 1.43. The Balaban J connectivity index is 1.94. The normalized spacial score (nSPS) is 11.7. The van der Waals surface area contributed by atoms with E-state index in [0.717, 1.165) is 0 Å². The molecule has 2 aromatic carbocycles. The Kier molecular flexibility index (Phi) is 6.25. The predicted octanol–water partition coefficient (Wildman–Crippen LogP) is 2.93. The van der Waals surface area contributed by atoms with Gasteiger partial charge in [-0.1, -0.05) is 48.5 Å². The van der Waals surface area contributed by atoms with Crippen molar-refractivity contribution in [2.75, 3.05) is 14.2 Å². The lowest BCUT2D eigenvalue weighted by atomic mass is 10.1. The number of ether oxygens (including phenoxy) is 2. The van der Waals surface area contributed by atoms with Gasteiger partial charge in [0.2, 0.25) is 11.9 Å². The van der Waals surface area contributed by atoms with Crippen LogP contribution in [0.25, 0.3) is 11.0 Å². The zero-order chi connectivity index (χ0) is 20.8. The number of rotatable bonds is 6. The number of methoxy groups -OCH3 is 1. The van der Waals surface area contributed by atoms with Gasteiger partial charge in [-0.25, -0.2) is 9.59 Å². The molecule has 1 heterocycles. The van der Waals surface area contributed by atoms with Gasteiger partial charge >= 0.3 is 12.0 Å². The van der Waals surface area contributed by atoms with Gasteiger partial charge in [-0.05, 0) is 6.07 Å². The van der Waals surface area contributed by atoms with Crippen LogP contribution in [0.3, 0.4) is 0 Å². The molecular weight excluding hydrogens is 376 g/mol. The van der Waals surface area contributed by atoms with E-state index in [0.29, 0.717) is 22.1 Å². The maximum Gasteiger partial charge on any atom is 0.375 e. The zero-order valence-electron chi connectivity index (χ0n) is 15.9. The molecule has 0 aliphatic heterocycles. The number of hydrogen-bond donors (Lipinski definition) is 2. The number of fused-ring (bicyclic) bond motifs is 1. The Morgan fingerprint density at radius 2 is 1.72 bits per heavy atom. The first kappa shape index (κ1) is 20.1. The van der Waals surface area contributed by atoms with Gasteiger partial charge in [0.05, 0.1) is 6.61 Å². The highest BCUT2D eigenvalue weighted by molar-refractivity contribution is 6.00. The van der Waals surface area contributed by atoms with Crippen LogP contribution in [-0.2, 0) is 20.9 Å². The Hall–Kier alpha value is -3.65. The van der Waals surface area contributed by atoms with Crippen LogP contribution in [0.5, 0.6) is 0 Å². The Morgan fingerprint density at radius 3 is 2.41 bits per heavy atom. The maximum absolute atomic E-state index is 12.9. The zero-order valence-corrected chi connectivity index (χ0v) is 15.9. The van der Waals surface area contributed by atoms with Gasteiger partial charge in [0, 0.05) is 30.7 Å². The Bertz CT molecular complexity index is 1030. The van der Waals surface area contributed by atoms with E-state index in [4.69, 9.17) is 13.9 Å². The quantitative estimate of drug-likeness (QED) is 0.621. The summed E-state index contributed by atoms with van der Waals surface area (Å²) < 4.78 is 16.3. The lowest BCUT2D eigenvalue weighted by Crippen LogP contribution is -2.41. The van der Waals surface area contributed by atoms with E-state index < -0.39 is 24.0 Å². The molecule has 0 spiro atoms. The number of amides is 3. The minimum absolute atomic E-state index is 0.0540. The van der Waals surface area contributed by atoms with E-state index >= 15 is 0 Å². The number of nitrogens with one attached hydrogen (secondary N) is 2. The molecule has 0 saturated carbocycles. The second-order valence-electron chi connectivity index (χ2n) is 6.10. The highest BCUT2D eigenvalue weighted by atomic mass is 16.6. The molecular formula is C21H20N2O6. The summed E-state index contributed by atoms with van der Waals surface area (Å²) in [5, 5.41) is 5.13. The second-order valence-corrected chi connectivity index (χ2v) is 6.10. The summed E-state index contributed by atoms with van der Waals surface area (Å²) in [6.45, 7) is 0.127. The third-order valence-electron chi connectivity index (χ3n) is 4.20. The van der Waals surface area contributed by atoms with Crippen molar-refractivity contribution in [1.29, 1.82) is 0 Å². The molecule has 29 heavy (non-hydrogen) atoms. The summed E-state index contributed by atoms with van der Waals surface area (Å²) in [4.78, 5) is 37.0. The van der Waals surface area contributed by atoms with E-state index in [1.54, 1.807) is 48.5 Å². The van der Waals surface area contributed by atoms with Crippen molar-refractivity contribution >= 4 is 28.9 Å². The number of para-hydroxylation sites is 1. The van der Waals surface area contributed by atoms with Crippen LogP contribution in [0.1, 0.15) is 27.8 Å². The highest BCUT2D eigenvalue weighted by Crippen LogP contribution is 2.29. The number of urea groups is 1. The van der Waals surface area contributed by atoms with Gasteiger partial charge < -0.3 is 19.2 Å². The van der Waals surface area contributed by atoms with Crippen LogP contribution < -0.4 is 10.6 Å². The molecule has 0 aliphatic rings. The van der Waals surface area contributed by atoms with Crippen LogP contribution in [0.2, 0.25) is 0 Å². The third-order valence-corrected chi connectivity index (χ3v) is 4.20. The van der Waals surface area contributed by atoms with Crippen molar-refractivity contribution < 1.29 is 28.3 Å². The number of imide groups is 1. The molecule has 8 heteroatoms. The van der Waals surface area contributed by atoms with Crippen molar-refractivity contribution in [3.63, 3.8) is 0 Å². The lowest BCUT2D eigenvalue weighted by Gasteiger charge is -2.17. The maximum atomic E-state index is 12.9. The molecule has 1 aromatic heterocycles. The van der Waals surface area contributed by atoms with Gasteiger partial charge in [0.25, 0.3) is 5.91 Å². The minimum atomic E-state index is -1.34. The van der Waals surface area contributed by atoms with E-state index in [-0.39, 0.29) is 12.4 Å². The summed E-state index contributed by atoms with van der Waals surface area (Å²) >= 11 is 0. The number of carbonyl (C=O) groups excluding carboxylic acids is 3. The molecule has 3 rings (SSSR count). The summed E-state index contributed by atoms with van der Waals surface area (Å²) in [7, 11) is 2.87. The molecule has 0 fully saturated rings. The summed E-state index contributed by atoms with van der Waals surface area (Å²) in [5.74, 6) is -1.68. The first-order valence-corrected chi connectivity index (χ1v) is 8.83. The van der Waals surface area contributed by atoms with Gasteiger partial charge in [-0.3, -0.25) is 10.1 Å². The monoisotopic (exact) mass is 396 g/mol. The number of carbonyl (C=O) groups is 3. The lowest BCUT2D eigenvalue weighted by molar-refractivity contribution is -0.129. The Labute approximate surface area is 166 Å². The first-order valence-electron chi connectivity index (χ1n) is 8.83. The number of furan rings is 1. The largest absolute Gasteiger partial charge is 0.449 e. The SMILES string of the molecule is CNC(=O)NC(=O)[C@H](OC(=O)c1oc2ccccc2c1COC)c1ccccc1. The molecule has 3 amide bonds. The molecule has 8 nitrogen and oxygen atoms in total. The van der Waals surface area contributed by atoms with Gasteiger partial charge in [-0.2, -0.15) is 0 Å². The predicted molar refractivity (Wildman–Crippen MR) is 104 cm³/mol. The molecule has 0 aliphatic carbocycles. The van der Waals surface area contributed by atoms with Gasteiger partial charge in [-0.15, -0.1) is 0 Å². The minimum Gasteiger partial charge on any atom is -0.449 e.